The molecule has 0 fully saturated rings. The van der Waals surface area contributed by atoms with Gasteiger partial charge in [0, 0.05) is 0 Å². The smallest absolute Gasteiger partial charge is 0.393 e. The third kappa shape index (κ3) is 3.51. The monoisotopic (exact) mass is 229 g/mol. The summed E-state index contributed by atoms with van der Waals surface area (Å²) in [5.41, 5.74) is 0. The highest BCUT2D eigenvalue weighted by Gasteiger charge is 2.43. The van der Waals surface area contributed by atoms with Crippen molar-refractivity contribution in [3.8, 4) is 0 Å². The van der Waals surface area contributed by atoms with Crippen molar-refractivity contribution < 1.29 is 18.0 Å². The summed E-state index contributed by atoms with van der Waals surface area (Å²) in [6, 6.07) is 0. The van der Waals surface area contributed by atoms with Crippen molar-refractivity contribution in [3.05, 3.63) is 0 Å². The number of alkyl halides is 3. The van der Waals surface area contributed by atoms with E-state index in [-0.39, 0.29) is 0 Å². The molecule has 0 atom stereocenters. The van der Waals surface area contributed by atoms with E-state index in [4.69, 9.17) is 0 Å². The third-order valence-corrected chi connectivity index (χ3v) is 7.86. The number of hydrogen-bond donors (Lipinski definition) is 0. The Morgan fingerprint density at radius 2 is 1.38 bits per heavy atom. The molecule has 0 aromatic carbocycles. The lowest BCUT2D eigenvalue weighted by Crippen LogP contribution is -2.52. The fourth-order valence-electron chi connectivity index (χ4n) is 1.21. The van der Waals surface area contributed by atoms with Crippen LogP contribution in [0.2, 0.25) is 26.2 Å². The lowest BCUT2D eigenvalue weighted by Gasteiger charge is -2.30. The first-order valence-corrected chi connectivity index (χ1v) is 9.72. The van der Waals surface area contributed by atoms with Crippen LogP contribution >= 0.6 is 0 Å². The van der Waals surface area contributed by atoms with Gasteiger partial charge in [-0.3, -0.25) is 4.79 Å². The first-order chi connectivity index (χ1) is 5.68. The topological polar surface area (TPSA) is 20.3 Å². The first-order valence-electron chi connectivity index (χ1n) is 4.07. The van der Waals surface area contributed by atoms with Gasteiger partial charge in [-0.1, -0.05) is 26.2 Å². The number of carbonyl (C=O) groups excluding carboxylic acids is 1. The standard InChI is InChI=1S/C6H14F3NOSi2/c1-12(2)10(13(3)4)5(11)6(7,8)9/h12-13H,1-4H3. The Kier molecular flexibility index (Phi) is 4.17. The highest BCUT2D eigenvalue weighted by atomic mass is 28.3. The Morgan fingerprint density at radius 3 is 1.46 bits per heavy atom. The molecule has 0 N–H and O–H groups in total. The molecule has 2 nitrogen and oxygen atoms in total. The summed E-state index contributed by atoms with van der Waals surface area (Å²) in [4.78, 5) is 10.9. The Balaban J connectivity index is 4.68. The minimum absolute atomic E-state index is 1.10. The highest BCUT2D eigenvalue weighted by Crippen LogP contribution is 2.20. The predicted octanol–water partition coefficient (Wildman–Crippen LogP) is 1.34. The molecule has 0 saturated carbocycles. The van der Waals surface area contributed by atoms with Gasteiger partial charge in [0.15, 0.2) is 0 Å². The quantitative estimate of drug-likeness (QED) is 0.654. The molecule has 0 radical (unpaired) electrons. The molecule has 0 unspecified atom stereocenters. The van der Waals surface area contributed by atoms with Gasteiger partial charge in [0.1, 0.15) is 17.9 Å². The van der Waals surface area contributed by atoms with Crippen molar-refractivity contribution in [2.45, 2.75) is 32.4 Å². The van der Waals surface area contributed by atoms with Crippen LogP contribution in [-0.2, 0) is 4.79 Å². The zero-order chi connectivity index (χ0) is 10.8. The fourth-order valence-corrected chi connectivity index (χ4v) is 7.21. The number of amides is 1. The SMILES string of the molecule is C[SiH](C)N(C(=O)C(F)(F)F)[SiH](C)C. The molecule has 0 rings (SSSR count). The van der Waals surface area contributed by atoms with Gasteiger partial charge in [-0.25, -0.2) is 0 Å². The van der Waals surface area contributed by atoms with E-state index >= 15 is 0 Å². The zero-order valence-electron chi connectivity index (χ0n) is 8.14. The molecule has 78 valence electrons. The Labute approximate surface area is 79.1 Å². The first kappa shape index (κ1) is 12.7. The molecule has 7 heteroatoms. The summed E-state index contributed by atoms with van der Waals surface area (Å²) in [5.74, 6) is -1.64. The maximum Gasteiger partial charge on any atom is 0.469 e. The van der Waals surface area contributed by atoms with Gasteiger partial charge in [-0.2, -0.15) is 13.2 Å². The molecule has 0 heterocycles. The molecule has 0 aliphatic carbocycles. The largest absolute Gasteiger partial charge is 0.469 e. The van der Waals surface area contributed by atoms with Crippen LogP contribution < -0.4 is 0 Å². The molecule has 0 bridgehead atoms. The van der Waals surface area contributed by atoms with Crippen molar-refractivity contribution in [1.82, 2.24) is 4.23 Å². The van der Waals surface area contributed by atoms with E-state index in [1.54, 1.807) is 26.2 Å². The molecular formula is C6H14F3NOSi2. The number of rotatable bonds is 2. The van der Waals surface area contributed by atoms with Crippen molar-refractivity contribution in [1.29, 1.82) is 0 Å². The number of nitrogens with zero attached hydrogens (tertiary/aromatic N) is 1. The summed E-state index contributed by atoms with van der Waals surface area (Å²) in [6.45, 7) is 6.93. The minimum Gasteiger partial charge on any atom is -0.393 e. The van der Waals surface area contributed by atoms with E-state index in [9.17, 15) is 18.0 Å². The van der Waals surface area contributed by atoms with Crippen LogP contribution in [0.1, 0.15) is 0 Å². The van der Waals surface area contributed by atoms with Crippen molar-refractivity contribution in [3.63, 3.8) is 0 Å². The Hall–Kier alpha value is -0.306. The van der Waals surface area contributed by atoms with E-state index < -0.39 is 30.0 Å². The fraction of sp³-hybridized carbons (Fsp3) is 0.833. The van der Waals surface area contributed by atoms with Crippen molar-refractivity contribution >= 4 is 23.8 Å². The molecule has 1 amide bonds. The molecule has 13 heavy (non-hydrogen) atoms. The molecule has 0 spiro atoms. The summed E-state index contributed by atoms with van der Waals surface area (Å²) >= 11 is 0. The predicted molar refractivity (Wildman–Crippen MR) is 50.7 cm³/mol. The van der Waals surface area contributed by atoms with E-state index in [2.05, 4.69) is 0 Å². The molecule has 0 aliphatic heterocycles. The summed E-state index contributed by atoms with van der Waals surface area (Å²) in [6.07, 6.45) is -4.70. The van der Waals surface area contributed by atoms with Gasteiger partial charge in [-0.15, -0.1) is 0 Å². The second kappa shape index (κ2) is 4.27. The summed E-state index contributed by atoms with van der Waals surface area (Å²) < 4.78 is 37.3. The van der Waals surface area contributed by atoms with Crippen LogP contribution in [0.4, 0.5) is 13.2 Å². The van der Waals surface area contributed by atoms with E-state index in [1.165, 1.54) is 0 Å². The Morgan fingerprint density at radius 1 is 1.08 bits per heavy atom. The van der Waals surface area contributed by atoms with E-state index in [0.717, 1.165) is 4.23 Å². The van der Waals surface area contributed by atoms with Crippen LogP contribution in [-0.4, -0.2) is 34.2 Å². The maximum atomic E-state index is 12.1. The van der Waals surface area contributed by atoms with E-state index in [1.807, 2.05) is 0 Å². The number of hydrogen-bond acceptors (Lipinski definition) is 1. The minimum atomic E-state index is -4.70. The Bertz CT molecular complexity index is 185. The normalized spacial score (nSPS) is 12.4. The van der Waals surface area contributed by atoms with Gasteiger partial charge < -0.3 is 4.23 Å². The van der Waals surface area contributed by atoms with Crippen LogP contribution in [0.3, 0.4) is 0 Å². The molecule has 0 aromatic heterocycles. The van der Waals surface area contributed by atoms with Gasteiger partial charge in [0.2, 0.25) is 0 Å². The summed E-state index contributed by atoms with van der Waals surface area (Å²) in [5, 5.41) is 0. The van der Waals surface area contributed by atoms with Crippen LogP contribution in [0.5, 0.6) is 0 Å². The summed E-state index contributed by atoms with van der Waals surface area (Å²) in [7, 11) is -3.35. The molecule has 0 aliphatic rings. The number of halogens is 3. The second-order valence-electron chi connectivity index (χ2n) is 3.40. The van der Waals surface area contributed by atoms with Crippen LogP contribution in [0.15, 0.2) is 0 Å². The number of carbonyl (C=O) groups is 1. The van der Waals surface area contributed by atoms with Gasteiger partial charge >= 0.3 is 12.1 Å². The van der Waals surface area contributed by atoms with Crippen molar-refractivity contribution in [2.75, 3.05) is 0 Å². The average Bonchev–Trinajstić information content (AvgIpc) is 1.82. The van der Waals surface area contributed by atoms with Gasteiger partial charge in [-0.05, 0) is 0 Å². The molecular weight excluding hydrogens is 215 g/mol. The van der Waals surface area contributed by atoms with Crippen molar-refractivity contribution in [2.24, 2.45) is 0 Å². The second-order valence-corrected chi connectivity index (χ2v) is 9.48. The third-order valence-electron chi connectivity index (χ3n) is 1.59. The van der Waals surface area contributed by atoms with Gasteiger partial charge in [0.25, 0.3) is 0 Å². The average molecular weight is 229 g/mol. The molecule has 0 saturated heterocycles. The van der Waals surface area contributed by atoms with Crippen LogP contribution in [0.25, 0.3) is 0 Å². The maximum absolute atomic E-state index is 12.1. The molecule has 0 aromatic rings. The highest BCUT2D eigenvalue weighted by molar-refractivity contribution is 6.73. The zero-order valence-corrected chi connectivity index (χ0v) is 10.5. The lowest BCUT2D eigenvalue weighted by molar-refractivity contribution is -0.177. The van der Waals surface area contributed by atoms with Gasteiger partial charge in [0.05, 0.1) is 0 Å². The van der Waals surface area contributed by atoms with Crippen LogP contribution in [0, 0.1) is 0 Å². The lowest BCUT2D eigenvalue weighted by atomic mass is 10.6. The van der Waals surface area contributed by atoms with E-state index in [0.29, 0.717) is 0 Å².